The van der Waals surface area contributed by atoms with Gasteiger partial charge in [0.15, 0.2) is 5.78 Å². The van der Waals surface area contributed by atoms with E-state index in [1.165, 1.54) is 0 Å². The standard InChI is InChI=1S/C25H23ClN2O3/c1-14-20(13-27)24(19-12-18(30-2)8-9-23(19)31-3)25-21(28-14)10-16(11-22(25)29)15-4-6-17(26)7-5-15/h4-9,12,16,24,28H,10-11H2,1-3H3. The van der Waals surface area contributed by atoms with Crippen LogP contribution < -0.4 is 14.8 Å². The quantitative estimate of drug-likeness (QED) is 0.712. The molecule has 0 bridgehead atoms. The Morgan fingerprint density at radius 1 is 1.10 bits per heavy atom. The summed E-state index contributed by atoms with van der Waals surface area (Å²) in [6.07, 6.45) is 1.06. The molecule has 0 aromatic heterocycles. The summed E-state index contributed by atoms with van der Waals surface area (Å²) in [5, 5.41) is 14.0. The van der Waals surface area contributed by atoms with Crippen LogP contribution in [-0.2, 0) is 4.79 Å². The number of hydrogen-bond donors (Lipinski definition) is 1. The van der Waals surface area contributed by atoms with Crippen LogP contribution in [0.15, 0.2) is 65.0 Å². The van der Waals surface area contributed by atoms with Gasteiger partial charge in [0.2, 0.25) is 0 Å². The van der Waals surface area contributed by atoms with E-state index >= 15 is 0 Å². The van der Waals surface area contributed by atoms with Gasteiger partial charge in [-0.3, -0.25) is 4.79 Å². The molecule has 2 aromatic carbocycles. The summed E-state index contributed by atoms with van der Waals surface area (Å²) in [5.74, 6) is 0.857. The van der Waals surface area contributed by atoms with Gasteiger partial charge in [0.05, 0.1) is 31.8 Å². The van der Waals surface area contributed by atoms with Gasteiger partial charge in [0.1, 0.15) is 11.5 Å². The molecule has 0 amide bonds. The molecule has 1 aliphatic heterocycles. The molecule has 31 heavy (non-hydrogen) atoms. The number of carbonyl (C=O) groups excluding carboxylic acids is 1. The highest BCUT2D eigenvalue weighted by Gasteiger charge is 2.40. The number of ether oxygens (including phenoxy) is 2. The van der Waals surface area contributed by atoms with Crippen molar-refractivity contribution in [3.05, 3.63) is 81.2 Å². The van der Waals surface area contributed by atoms with Crippen LogP contribution in [0.2, 0.25) is 5.02 Å². The molecule has 6 heteroatoms. The molecule has 2 atom stereocenters. The van der Waals surface area contributed by atoms with Gasteiger partial charge in [-0.15, -0.1) is 0 Å². The van der Waals surface area contributed by atoms with Crippen molar-refractivity contribution in [2.45, 2.75) is 31.6 Å². The number of nitrogens with one attached hydrogen (secondary N) is 1. The maximum Gasteiger partial charge on any atom is 0.162 e. The SMILES string of the molecule is COc1ccc(OC)c(C2C(C#N)=C(C)NC3=C2C(=O)CC(c2ccc(Cl)cc2)C3)c1. The van der Waals surface area contributed by atoms with Crippen molar-refractivity contribution < 1.29 is 14.3 Å². The fraction of sp³-hybridized carbons (Fsp3) is 0.280. The molecule has 2 unspecified atom stereocenters. The van der Waals surface area contributed by atoms with Crippen molar-refractivity contribution in [1.82, 2.24) is 5.32 Å². The molecule has 0 radical (unpaired) electrons. The zero-order valence-corrected chi connectivity index (χ0v) is 18.4. The van der Waals surface area contributed by atoms with Crippen LogP contribution in [0.3, 0.4) is 0 Å². The fourth-order valence-electron chi connectivity index (χ4n) is 4.53. The van der Waals surface area contributed by atoms with Gasteiger partial charge >= 0.3 is 0 Å². The van der Waals surface area contributed by atoms with E-state index in [1.54, 1.807) is 20.3 Å². The van der Waals surface area contributed by atoms with Crippen LogP contribution in [0.25, 0.3) is 0 Å². The van der Waals surface area contributed by atoms with Gasteiger partial charge in [-0.2, -0.15) is 5.26 Å². The van der Waals surface area contributed by atoms with E-state index in [-0.39, 0.29) is 11.7 Å². The molecule has 1 heterocycles. The second-order valence-corrected chi connectivity index (χ2v) is 8.22. The number of nitriles is 1. The lowest BCUT2D eigenvalue weighted by atomic mass is 9.72. The lowest BCUT2D eigenvalue weighted by Gasteiger charge is -2.36. The Hall–Kier alpha value is -3.23. The normalized spacial score (nSPS) is 20.7. The first-order valence-corrected chi connectivity index (χ1v) is 10.5. The van der Waals surface area contributed by atoms with E-state index in [1.807, 2.05) is 43.3 Å². The van der Waals surface area contributed by atoms with Gasteiger partial charge in [0, 0.05) is 34.0 Å². The minimum atomic E-state index is -0.495. The van der Waals surface area contributed by atoms with Gasteiger partial charge in [-0.25, -0.2) is 0 Å². The molecule has 2 aromatic rings. The molecule has 2 aliphatic rings. The Kier molecular flexibility index (Phi) is 5.75. The maximum absolute atomic E-state index is 13.5. The molecule has 0 spiro atoms. The van der Waals surface area contributed by atoms with Crippen molar-refractivity contribution in [1.29, 1.82) is 5.26 Å². The highest BCUT2D eigenvalue weighted by Crippen LogP contribution is 2.47. The molecule has 0 saturated heterocycles. The summed E-state index contributed by atoms with van der Waals surface area (Å²) in [4.78, 5) is 13.5. The number of Topliss-reactive ketones (excluding diaryl/α,β-unsaturated/α-hetero) is 1. The van der Waals surface area contributed by atoms with Crippen molar-refractivity contribution in [3.63, 3.8) is 0 Å². The summed E-state index contributed by atoms with van der Waals surface area (Å²) >= 11 is 6.03. The maximum atomic E-state index is 13.5. The predicted octanol–water partition coefficient (Wildman–Crippen LogP) is 5.24. The molecule has 5 nitrogen and oxygen atoms in total. The number of nitrogens with zero attached hydrogens (tertiary/aromatic N) is 1. The van der Waals surface area contributed by atoms with Crippen LogP contribution in [0.1, 0.15) is 42.7 Å². The molecule has 0 fully saturated rings. The number of rotatable bonds is 4. The topological polar surface area (TPSA) is 71.3 Å². The summed E-state index contributed by atoms with van der Waals surface area (Å²) in [6.45, 7) is 1.87. The highest BCUT2D eigenvalue weighted by atomic mass is 35.5. The predicted molar refractivity (Wildman–Crippen MR) is 119 cm³/mol. The van der Waals surface area contributed by atoms with E-state index in [2.05, 4.69) is 11.4 Å². The molecule has 4 rings (SSSR count). The van der Waals surface area contributed by atoms with E-state index < -0.39 is 5.92 Å². The van der Waals surface area contributed by atoms with E-state index in [9.17, 15) is 10.1 Å². The van der Waals surface area contributed by atoms with E-state index in [4.69, 9.17) is 21.1 Å². The second kappa shape index (κ2) is 8.49. The number of dihydropyridines is 1. The number of methoxy groups -OCH3 is 2. The molecular weight excluding hydrogens is 412 g/mol. The first-order chi connectivity index (χ1) is 15.0. The Balaban J connectivity index is 1.83. The lowest BCUT2D eigenvalue weighted by Crippen LogP contribution is -2.33. The summed E-state index contributed by atoms with van der Waals surface area (Å²) in [5.41, 5.74) is 4.60. The summed E-state index contributed by atoms with van der Waals surface area (Å²) in [6, 6.07) is 15.4. The van der Waals surface area contributed by atoms with Crippen LogP contribution in [0, 0.1) is 11.3 Å². The third kappa shape index (κ3) is 3.80. The molecular formula is C25H23ClN2O3. The van der Waals surface area contributed by atoms with Crippen molar-refractivity contribution in [3.8, 4) is 17.6 Å². The number of benzene rings is 2. The monoisotopic (exact) mass is 434 g/mol. The van der Waals surface area contributed by atoms with Crippen molar-refractivity contribution in [2.75, 3.05) is 14.2 Å². The minimum absolute atomic E-state index is 0.0313. The van der Waals surface area contributed by atoms with Crippen molar-refractivity contribution >= 4 is 17.4 Å². The van der Waals surface area contributed by atoms with E-state index in [0.717, 1.165) is 22.5 Å². The van der Waals surface area contributed by atoms with Gasteiger partial charge in [0.25, 0.3) is 0 Å². The Labute approximate surface area is 186 Å². The molecule has 0 saturated carbocycles. The van der Waals surface area contributed by atoms with Crippen LogP contribution in [0.4, 0.5) is 0 Å². The van der Waals surface area contributed by atoms with Gasteiger partial charge < -0.3 is 14.8 Å². The molecule has 1 N–H and O–H groups in total. The number of ketones is 1. The van der Waals surface area contributed by atoms with Crippen molar-refractivity contribution in [2.24, 2.45) is 0 Å². The third-order valence-electron chi connectivity index (χ3n) is 6.04. The zero-order valence-electron chi connectivity index (χ0n) is 17.7. The number of hydrogen-bond acceptors (Lipinski definition) is 5. The first-order valence-electron chi connectivity index (χ1n) is 10.1. The van der Waals surface area contributed by atoms with Crippen LogP contribution in [0.5, 0.6) is 11.5 Å². The number of halogens is 1. The smallest absolute Gasteiger partial charge is 0.162 e. The number of carbonyl (C=O) groups is 1. The molecule has 158 valence electrons. The average molecular weight is 435 g/mol. The largest absolute Gasteiger partial charge is 0.497 e. The van der Waals surface area contributed by atoms with Crippen LogP contribution in [-0.4, -0.2) is 20.0 Å². The third-order valence-corrected chi connectivity index (χ3v) is 6.29. The van der Waals surface area contributed by atoms with Gasteiger partial charge in [-0.05, 0) is 55.2 Å². The Morgan fingerprint density at radius 3 is 2.48 bits per heavy atom. The summed E-state index contributed by atoms with van der Waals surface area (Å²) < 4.78 is 11.0. The average Bonchev–Trinajstić information content (AvgIpc) is 2.78. The summed E-state index contributed by atoms with van der Waals surface area (Å²) in [7, 11) is 3.18. The van der Waals surface area contributed by atoms with Gasteiger partial charge in [-0.1, -0.05) is 23.7 Å². The fourth-order valence-corrected chi connectivity index (χ4v) is 4.66. The zero-order chi connectivity index (χ0) is 22.1. The Morgan fingerprint density at radius 2 is 1.84 bits per heavy atom. The lowest BCUT2D eigenvalue weighted by molar-refractivity contribution is -0.116. The van der Waals surface area contributed by atoms with Crippen LogP contribution >= 0.6 is 11.6 Å². The number of allylic oxidation sites excluding steroid dienone is 4. The first kappa shape index (κ1) is 21.0. The molecule has 1 aliphatic carbocycles. The second-order valence-electron chi connectivity index (χ2n) is 7.79. The minimum Gasteiger partial charge on any atom is -0.497 e. The van der Waals surface area contributed by atoms with E-state index in [0.29, 0.717) is 40.5 Å². The highest BCUT2D eigenvalue weighted by molar-refractivity contribution is 6.30. The Bertz CT molecular complexity index is 1140.